The Morgan fingerprint density at radius 1 is 1.06 bits per heavy atom. The highest BCUT2D eigenvalue weighted by Gasteiger charge is 2.33. The molecule has 0 aromatic heterocycles. The van der Waals surface area contributed by atoms with Gasteiger partial charge in [-0.3, -0.25) is 9.59 Å². The number of esters is 1. The summed E-state index contributed by atoms with van der Waals surface area (Å²) >= 11 is 0. The first-order valence-corrected chi connectivity index (χ1v) is 12.6. The van der Waals surface area contributed by atoms with Gasteiger partial charge in [-0.15, -0.1) is 0 Å². The molecule has 1 saturated heterocycles. The second-order valence-electron chi connectivity index (χ2n) is 7.79. The van der Waals surface area contributed by atoms with Gasteiger partial charge in [0.05, 0.1) is 17.4 Å². The number of amides is 1. The zero-order valence-corrected chi connectivity index (χ0v) is 19.8. The smallest absolute Gasteiger partial charge is 0.309 e. The van der Waals surface area contributed by atoms with E-state index in [-0.39, 0.29) is 24.6 Å². The summed E-state index contributed by atoms with van der Waals surface area (Å²) in [7, 11) is -3.65. The average Bonchev–Trinajstić information content (AvgIpc) is 2.83. The lowest BCUT2D eigenvalue weighted by Gasteiger charge is -2.30. The van der Waals surface area contributed by atoms with Crippen LogP contribution < -0.4 is 10.1 Å². The summed E-state index contributed by atoms with van der Waals surface area (Å²) in [6.07, 6.45) is 1.54. The average molecular weight is 475 g/mol. The second-order valence-corrected chi connectivity index (χ2v) is 9.73. The first kappa shape index (κ1) is 24.7. The Hall–Kier alpha value is -2.91. The molecule has 0 atom stereocenters. The molecule has 0 radical (unpaired) electrons. The SMILES string of the molecule is CCOc1ccc(S(=O)(=O)N2CCC(C(=O)OCC(=O)Nc3cccc(CC)c3)CC2)cc1. The minimum Gasteiger partial charge on any atom is -0.494 e. The Kier molecular flexibility index (Phi) is 8.46. The Balaban J connectivity index is 1.47. The highest BCUT2D eigenvalue weighted by Crippen LogP contribution is 2.26. The Labute approximate surface area is 194 Å². The molecule has 1 N–H and O–H groups in total. The zero-order chi connectivity index (χ0) is 23.8. The van der Waals surface area contributed by atoms with Gasteiger partial charge >= 0.3 is 5.97 Å². The molecule has 1 aliphatic rings. The van der Waals surface area contributed by atoms with Crippen molar-refractivity contribution in [2.45, 2.75) is 38.0 Å². The van der Waals surface area contributed by atoms with Crippen LogP contribution >= 0.6 is 0 Å². The van der Waals surface area contributed by atoms with E-state index in [4.69, 9.17) is 9.47 Å². The lowest BCUT2D eigenvalue weighted by molar-refractivity contribution is -0.152. The highest BCUT2D eigenvalue weighted by atomic mass is 32.2. The minimum atomic E-state index is -3.65. The van der Waals surface area contributed by atoms with Crippen LogP contribution in [0.1, 0.15) is 32.3 Å². The lowest BCUT2D eigenvalue weighted by atomic mass is 9.98. The van der Waals surface area contributed by atoms with Crippen molar-refractivity contribution in [3.05, 3.63) is 54.1 Å². The minimum absolute atomic E-state index is 0.191. The number of carbonyl (C=O) groups excluding carboxylic acids is 2. The van der Waals surface area contributed by atoms with Gasteiger partial charge in [0.1, 0.15) is 5.75 Å². The van der Waals surface area contributed by atoms with Gasteiger partial charge in [0.25, 0.3) is 5.91 Å². The van der Waals surface area contributed by atoms with E-state index in [9.17, 15) is 18.0 Å². The number of piperidine rings is 1. The van der Waals surface area contributed by atoms with Crippen LogP contribution in [0.3, 0.4) is 0 Å². The third-order valence-corrected chi connectivity index (χ3v) is 7.44. The van der Waals surface area contributed by atoms with Crippen LogP contribution in [0.5, 0.6) is 5.75 Å². The standard InChI is InChI=1S/C24H30N2O6S/c1-3-18-6-5-7-20(16-18)25-23(27)17-32-24(28)19-12-14-26(15-13-19)33(29,30)22-10-8-21(9-11-22)31-4-2/h5-11,16,19H,3-4,12-15,17H2,1-2H3,(H,25,27). The maximum atomic E-state index is 12.9. The molecule has 1 heterocycles. The van der Waals surface area contributed by atoms with Gasteiger partial charge in [-0.25, -0.2) is 8.42 Å². The molecule has 0 saturated carbocycles. The number of aryl methyl sites for hydroxylation is 1. The van der Waals surface area contributed by atoms with Crippen LogP contribution in [-0.2, 0) is 30.8 Å². The Bertz CT molecular complexity index is 1060. The number of nitrogens with one attached hydrogen (secondary N) is 1. The Morgan fingerprint density at radius 3 is 2.39 bits per heavy atom. The molecule has 2 aromatic rings. The largest absolute Gasteiger partial charge is 0.494 e. The van der Waals surface area contributed by atoms with E-state index >= 15 is 0 Å². The van der Waals surface area contributed by atoms with Gasteiger partial charge in [-0.1, -0.05) is 19.1 Å². The topological polar surface area (TPSA) is 102 Å². The Morgan fingerprint density at radius 2 is 1.76 bits per heavy atom. The molecule has 1 fully saturated rings. The molecule has 9 heteroatoms. The maximum Gasteiger partial charge on any atom is 0.309 e. The van der Waals surface area contributed by atoms with Crippen molar-refractivity contribution in [3.8, 4) is 5.75 Å². The third kappa shape index (κ3) is 6.55. The summed E-state index contributed by atoms with van der Waals surface area (Å²) in [5, 5.41) is 2.72. The highest BCUT2D eigenvalue weighted by molar-refractivity contribution is 7.89. The quantitative estimate of drug-likeness (QED) is 0.560. The number of hydrogen-bond donors (Lipinski definition) is 1. The summed E-state index contributed by atoms with van der Waals surface area (Å²) in [5.74, 6) is -0.717. The molecule has 8 nitrogen and oxygen atoms in total. The molecule has 1 aliphatic heterocycles. The van der Waals surface area contributed by atoms with Crippen molar-refractivity contribution in [3.63, 3.8) is 0 Å². The van der Waals surface area contributed by atoms with Crippen molar-refractivity contribution in [1.82, 2.24) is 4.31 Å². The van der Waals surface area contributed by atoms with Crippen LogP contribution in [0, 0.1) is 5.92 Å². The molecule has 0 aliphatic carbocycles. The molecule has 33 heavy (non-hydrogen) atoms. The maximum absolute atomic E-state index is 12.9. The summed E-state index contributed by atoms with van der Waals surface area (Å²) in [6, 6.07) is 13.8. The van der Waals surface area contributed by atoms with Crippen LogP contribution in [0.4, 0.5) is 5.69 Å². The monoisotopic (exact) mass is 474 g/mol. The number of anilines is 1. The van der Waals surface area contributed by atoms with E-state index in [1.165, 1.54) is 16.4 Å². The second kappa shape index (κ2) is 11.3. The van der Waals surface area contributed by atoms with Gasteiger partial charge in [-0.05, 0) is 68.1 Å². The normalized spacial score (nSPS) is 15.1. The first-order valence-electron chi connectivity index (χ1n) is 11.1. The number of ether oxygens (including phenoxy) is 2. The number of carbonyl (C=O) groups is 2. The molecule has 1 amide bonds. The number of benzene rings is 2. The van der Waals surface area contributed by atoms with Crippen molar-refractivity contribution in [2.24, 2.45) is 5.92 Å². The number of sulfonamides is 1. The molecule has 178 valence electrons. The van der Waals surface area contributed by atoms with Crippen LogP contribution in [0.2, 0.25) is 0 Å². The van der Waals surface area contributed by atoms with Gasteiger partial charge in [0.15, 0.2) is 6.61 Å². The zero-order valence-electron chi connectivity index (χ0n) is 19.0. The van der Waals surface area contributed by atoms with Crippen molar-refractivity contribution in [1.29, 1.82) is 0 Å². The first-order chi connectivity index (χ1) is 15.8. The summed E-state index contributed by atoms with van der Waals surface area (Å²) in [6.45, 7) is 4.44. The van der Waals surface area contributed by atoms with Crippen LogP contribution in [0.25, 0.3) is 0 Å². The van der Waals surface area contributed by atoms with Gasteiger partial charge in [0, 0.05) is 18.8 Å². The van der Waals surface area contributed by atoms with Crippen molar-refractivity contribution in [2.75, 3.05) is 31.6 Å². The predicted octanol–water partition coefficient (Wildman–Crippen LogP) is 3.23. The lowest BCUT2D eigenvalue weighted by Crippen LogP contribution is -2.40. The fourth-order valence-electron chi connectivity index (χ4n) is 3.68. The van der Waals surface area contributed by atoms with E-state index in [0.717, 1.165) is 12.0 Å². The summed E-state index contributed by atoms with van der Waals surface area (Å²) < 4.78 is 37.7. The fourth-order valence-corrected chi connectivity index (χ4v) is 5.15. The number of nitrogens with zero attached hydrogens (tertiary/aromatic N) is 1. The third-order valence-electron chi connectivity index (χ3n) is 5.52. The van der Waals surface area contributed by atoms with Crippen LogP contribution in [0.15, 0.2) is 53.4 Å². The van der Waals surface area contributed by atoms with Gasteiger partial charge in [0.2, 0.25) is 10.0 Å². The number of hydrogen-bond acceptors (Lipinski definition) is 6. The van der Waals surface area contributed by atoms with E-state index in [2.05, 4.69) is 5.32 Å². The van der Waals surface area contributed by atoms with Crippen molar-refractivity contribution >= 4 is 27.6 Å². The molecule has 0 unspecified atom stereocenters. The van der Waals surface area contributed by atoms with Crippen LogP contribution in [-0.4, -0.2) is 50.9 Å². The van der Waals surface area contributed by atoms with Gasteiger partial charge in [-0.2, -0.15) is 4.31 Å². The molecular weight excluding hydrogens is 444 g/mol. The summed E-state index contributed by atoms with van der Waals surface area (Å²) in [5.41, 5.74) is 1.75. The molecule has 3 rings (SSSR count). The molecule has 2 aromatic carbocycles. The fraction of sp³-hybridized carbons (Fsp3) is 0.417. The van der Waals surface area contributed by atoms with Crippen molar-refractivity contribution < 1.29 is 27.5 Å². The molecular formula is C24H30N2O6S. The van der Waals surface area contributed by atoms with E-state index < -0.39 is 27.8 Å². The molecule has 0 bridgehead atoms. The van der Waals surface area contributed by atoms with E-state index in [0.29, 0.717) is 30.9 Å². The summed E-state index contributed by atoms with van der Waals surface area (Å²) in [4.78, 5) is 24.7. The predicted molar refractivity (Wildman–Crippen MR) is 125 cm³/mol. The van der Waals surface area contributed by atoms with E-state index in [1.807, 2.05) is 32.0 Å². The van der Waals surface area contributed by atoms with Gasteiger partial charge < -0.3 is 14.8 Å². The number of rotatable bonds is 9. The molecule has 0 spiro atoms. The van der Waals surface area contributed by atoms with E-state index in [1.54, 1.807) is 18.2 Å².